The number of nitrogens with zero attached hydrogens (tertiary/aromatic N) is 2. The minimum atomic E-state index is 0.365. The summed E-state index contributed by atoms with van der Waals surface area (Å²) in [5.41, 5.74) is 1.08. The Kier molecular flexibility index (Phi) is 2.62. The highest BCUT2D eigenvalue weighted by atomic mass is 16.5. The maximum absolute atomic E-state index is 10.1. The smallest absolute Gasteiger partial charge is 0.299 e. The molecular formula is C10H12N2O2. The van der Waals surface area contributed by atoms with Crippen LogP contribution in [0.2, 0.25) is 0 Å². The van der Waals surface area contributed by atoms with Crippen molar-refractivity contribution < 1.29 is 9.53 Å². The lowest BCUT2D eigenvalue weighted by molar-refractivity contribution is -0.120. The van der Waals surface area contributed by atoms with Crippen molar-refractivity contribution in [2.24, 2.45) is 0 Å². The SMILES string of the molecule is O=COc1cc(N2CCCC2)ccn1. The molecule has 2 heterocycles. The molecule has 4 heteroatoms. The molecular weight excluding hydrogens is 180 g/mol. The van der Waals surface area contributed by atoms with E-state index in [0.717, 1.165) is 18.8 Å². The topological polar surface area (TPSA) is 42.4 Å². The molecule has 0 saturated carbocycles. The molecule has 0 unspecified atom stereocenters. The number of carbonyl (C=O) groups excluding carboxylic acids is 1. The molecule has 1 fully saturated rings. The quantitative estimate of drug-likeness (QED) is 0.675. The molecule has 14 heavy (non-hydrogen) atoms. The fourth-order valence-electron chi connectivity index (χ4n) is 1.68. The summed E-state index contributed by atoms with van der Waals surface area (Å²) < 4.78 is 4.69. The van der Waals surface area contributed by atoms with Crippen molar-refractivity contribution in [1.82, 2.24) is 4.98 Å². The number of hydrogen-bond donors (Lipinski definition) is 0. The van der Waals surface area contributed by atoms with E-state index < -0.39 is 0 Å². The van der Waals surface area contributed by atoms with E-state index in [1.54, 1.807) is 12.3 Å². The first-order valence-electron chi connectivity index (χ1n) is 4.71. The lowest BCUT2D eigenvalue weighted by Gasteiger charge is -2.17. The van der Waals surface area contributed by atoms with E-state index in [0.29, 0.717) is 12.4 Å². The second kappa shape index (κ2) is 4.09. The summed E-state index contributed by atoms with van der Waals surface area (Å²) in [4.78, 5) is 16.3. The van der Waals surface area contributed by atoms with Crippen LogP contribution in [0.4, 0.5) is 5.69 Å². The van der Waals surface area contributed by atoms with Gasteiger partial charge in [0.15, 0.2) is 0 Å². The van der Waals surface area contributed by atoms with Gasteiger partial charge < -0.3 is 9.64 Å². The van der Waals surface area contributed by atoms with Gasteiger partial charge in [0.25, 0.3) is 6.47 Å². The summed E-state index contributed by atoms with van der Waals surface area (Å²) in [7, 11) is 0. The first-order valence-corrected chi connectivity index (χ1v) is 4.71. The molecule has 0 N–H and O–H groups in total. The molecule has 1 aromatic heterocycles. The van der Waals surface area contributed by atoms with Crippen LogP contribution in [0.5, 0.6) is 5.88 Å². The van der Waals surface area contributed by atoms with E-state index >= 15 is 0 Å². The number of ether oxygens (including phenoxy) is 1. The van der Waals surface area contributed by atoms with Crippen molar-refractivity contribution in [2.45, 2.75) is 12.8 Å². The molecule has 0 aliphatic carbocycles. The maximum atomic E-state index is 10.1. The summed E-state index contributed by atoms with van der Waals surface area (Å²) in [6, 6.07) is 3.72. The van der Waals surface area contributed by atoms with Crippen LogP contribution in [0.15, 0.2) is 18.3 Å². The number of aromatic nitrogens is 1. The summed E-state index contributed by atoms with van der Waals surface area (Å²) in [5, 5.41) is 0. The molecule has 74 valence electrons. The van der Waals surface area contributed by atoms with Crippen LogP contribution in [0, 0.1) is 0 Å². The van der Waals surface area contributed by atoms with Gasteiger partial charge in [-0.05, 0) is 18.9 Å². The third kappa shape index (κ3) is 1.84. The van der Waals surface area contributed by atoms with E-state index in [9.17, 15) is 4.79 Å². The van der Waals surface area contributed by atoms with Crippen molar-refractivity contribution in [3.8, 4) is 5.88 Å². The Bertz CT molecular complexity index is 322. The van der Waals surface area contributed by atoms with Gasteiger partial charge in [-0.1, -0.05) is 0 Å². The highest BCUT2D eigenvalue weighted by Gasteiger charge is 2.12. The van der Waals surface area contributed by atoms with Gasteiger partial charge in [0.2, 0.25) is 5.88 Å². The molecule has 0 amide bonds. The number of anilines is 1. The van der Waals surface area contributed by atoms with Gasteiger partial charge in [0.1, 0.15) is 0 Å². The molecule has 0 spiro atoms. The van der Waals surface area contributed by atoms with E-state index in [2.05, 4.69) is 14.6 Å². The predicted octanol–water partition coefficient (Wildman–Crippen LogP) is 1.22. The van der Waals surface area contributed by atoms with Crippen LogP contribution in [0.1, 0.15) is 12.8 Å². The van der Waals surface area contributed by atoms with Crippen LogP contribution in [-0.4, -0.2) is 24.5 Å². The average molecular weight is 192 g/mol. The molecule has 1 aliphatic rings. The Labute approximate surface area is 82.5 Å². The highest BCUT2D eigenvalue weighted by Crippen LogP contribution is 2.22. The Hall–Kier alpha value is -1.58. The molecule has 0 radical (unpaired) electrons. The summed E-state index contributed by atoms with van der Waals surface area (Å²) in [5.74, 6) is 0.365. The van der Waals surface area contributed by atoms with Gasteiger partial charge in [0, 0.05) is 31.0 Å². The number of rotatable bonds is 3. The van der Waals surface area contributed by atoms with Crippen LogP contribution in [0.25, 0.3) is 0 Å². The van der Waals surface area contributed by atoms with Crippen LogP contribution in [-0.2, 0) is 4.79 Å². The van der Waals surface area contributed by atoms with E-state index in [1.165, 1.54) is 12.8 Å². The van der Waals surface area contributed by atoms with Gasteiger partial charge in [-0.25, -0.2) is 4.98 Å². The number of hydrogen-bond acceptors (Lipinski definition) is 4. The van der Waals surface area contributed by atoms with Crippen LogP contribution in [0.3, 0.4) is 0 Å². The maximum Gasteiger partial charge on any atom is 0.299 e. The number of carbonyl (C=O) groups is 1. The van der Waals surface area contributed by atoms with Gasteiger partial charge in [-0.2, -0.15) is 0 Å². The standard InChI is InChI=1S/C10H12N2O2/c13-8-14-10-7-9(3-4-11-10)12-5-1-2-6-12/h3-4,7-8H,1-2,5-6H2. The fourth-order valence-corrected chi connectivity index (χ4v) is 1.68. The Morgan fingerprint density at radius 3 is 2.93 bits per heavy atom. The molecule has 4 nitrogen and oxygen atoms in total. The van der Waals surface area contributed by atoms with Gasteiger partial charge in [0.05, 0.1) is 0 Å². The van der Waals surface area contributed by atoms with Gasteiger partial charge in [-0.15, -0.1) is 0 Å². The van der Waals surface area contributed by atoms with E-state index in [-0.39, 0.29) is 0 Å². The molecule has 1 aromatic rings. The molecule has 1 saturated heterocycles. The second-order valence-electron chi connectivity index (χ2n) is 3.26. The van der Waals surface area contributed by atoms with Crippen LogP contribution < -0.4 is 9.64 Å². The third-order valence-corrected chi connectivity index (χ3v) is 2.36. The first kappa shape index (κ1) is 8.99. The number of pyridine rings is 1. The molecule has 0 aromatic carbocycles. The van der Waals surface area contributed by atoms with Crippen molar-refractivity contribution in [2.75, 3.05) is 18.0 Å². The van der Waals surface area contributed by atoms with Crippen molar-refractivity contribution in [1.29, 1.82) is 0 Å². The Morgan fingerprint density at radius 2 is 2.21 bits per heavy atom. The Morgan fingerprint density at radius 1 is 1.43 bits per heavy atom. The second-order valence-corrected chi connectivity index (χ2v) is 3.26. The van der Waals surface area contributed by atoms with Gasteiger partial charge >= 0.3 is 0 Å². The summed E-state index contributed by atoms with van der Waals surface area (Å²) >= 11 is 0. The van der Waals surface area contributed by atoms with Crippen molar-refractivity contribution in [3.63, 3.8) is 0 Å². The molecule has 1 aliphatic heterocycles. The third-order valence-electron chi connectivity index (χ3n) is 2.36. The minimum absolute atomic E-state index is 0.365. The molecule has 0 bridgehead atoms. The average Bonchev–Trinajstić information content (AvgIpc) is 2.71. The van der Waals surface area contributed by atoms with Crippen LogP contribution >= 0.6 is 0 Å². The van der Waals surface area contributed by atoms with E-state index in [4.69, 9.17) is 0 Å². The first-order chi connectivity index (χ1) is 6.90. The zero-order chi connectivity index (χ0) is 9.80. The largest absolute Gasteiger partial charge is 0.410 e. The van der Waals surface area contributed by atoms with Crippen molar-refractivity contribution >= 4 is 12.2 Å². The Balaban J connectivity index is 2.16. The van der Waals surface area contributed by atoms with E-state index in [1.807, 2.05) is 6.07 Å². The fraction of sp³-hybridized carbons (Fsp3) is 0.400. The zero-order valence-electron chi connectivity index (χ0n) is 7.85. The normalized spacial score (nSPS) is 15.6. The zero-order valence-corrected chi connectivity index (χ0v) is 7.85. The molecule has 0 atom stereocenters. The summed E-state index contributed by atoms with van der Waals surface area (Å²) in [6.07, 6.45) is 4.12. The lowest BCUT2D eigenvalue weighted by atomic mass is 10.3. The van der Waals surface area contributed by atoms with Crippen molar-refractivity contribution in [3.05, 3.63) is 18.3 Å². The van der Waals surface area contributed by atoms with Gasteiger partial charge in [-0.3, -0.25) is 4.79 Å². The predicted molar refractivity (Wildman–Crippen MR) is 52.4 cm³/mol. The highest BCUT2D eigenvalue weighted by molar-refractivity contribution is 5.51. The summed E-state index contributed by atoms with van der Waals surface area (Å²) in [6.45, 7) is 2.55. The minimum Gasteiger partial charge on any atom is -0.410 e. The lowest BCUT2D eigenvalue weighted by Crippen LogP contribution is -2.17. The monoisotopic (exact) mass is 192 g/mol. The molecule has 2 rings (SSSR count).